The molecule has 4 atom stereocenters. The van der Waals surface area contributed by atoms with E-state index in [9.17, 15) is 4.79 Å². The molecule has 4 heteroatoms. The summed E-state index contributed by atoms with van der Waals surface area (Å²) in [6.07, 6.45) is 2.86. The van der Waals surface area contributed by atoms with Crippen LogP contribution in [-0.2, 0) is 9.53 Å². The van der Waals surface area contributed by atoms with Gasteiger partial charge in [0, 0.05) is 17.0 Å². The molecular weight excluding hydrogens is 222 g/mol. The Balaban J connectivity index is 2.32. The van der Waals surface area contributed by atoms with Crippen LogP contribution < -0.4 is 5.73 Å². The summed E-state index contributed by atoms with van der Waals surface area (Å²) in [5, 5.41) is 0.501. The average Bonchev–Trinajstić information content (AvgIpc) is 2.21. The summed E-state index contributed by atoms with van der Waals surface area (Å²) in [7, 11) is 1.43. The number of hydrogen-bond donors (Lipinski definition) is 1. The molecule has 0 amide bonds. The van der Waals surface area contributed by atoms with Crippen molar-refractivity contribution < 1.29 is 9.53 Å². The van der Waals surface area contributed by atoms with Gasteiger partial charge in [0.1, 0.15) is 0 Å². The zero-order chi connectivity index (χ0) is 12.1. The van der Waals surface area contributed by atoms with Crippen LogP contribution in [0.5, 0.6) is 0 Å². The number of methoxy groups -OCH3 is 1. The molecule has 0 aromatic heterocycles. The van der Waals surface area contributed by atoms with Crippen LogP contribution in [0.4, 0.5) is 0 Å². The van der Waals surface area contributed by atoms with E-state index in [1.165, 1.54) is 13.5 Å². The number of carbonyl (C=O) groups is 1. The summed E-state index contributed by atoms with van der Waals surface area (Å²) in [5.74, 6) is 2.09. The minimum Gasteiger partial charge on any atom is -0.469 e. The third kappa shape index (κ3) is 3.98. The number of thioether (sulfide) groups is 1. The lowest BCUT2D eigenvalue weighted by Crippen LogP contribution is -2.43. The molecule has 4 unspecified atom stereocenters. The first kappa shape index (κ1) is 13.8. The summed E-state index contributed by atoms with van der Waals surface area (Å²) < 4.78 is 4.63. The van der Waals surface area contributed by atoms with Crippen molar-refractivity contribution in [2.24, 2.45) is 17.6 Å². The van der Waals surface area contributed by atoms with Crippen molar-refractivity contribution in [3.05, 3.63) is 0 Å². The van der Waals surface area contributed by atoms with Gasteiger partial charge in [-0.05, 0) is 24.7 Å². The normalized spacial score (nSPS) is 34.8. The molecule has 1 fully saturated rings. The Morgan fingerprint density at radius 1 is 1.44 bits per heavy atom. The van der Waals surface area contributed by atoms with Crippen molar-refractivity contribution in [3.63, 3.8) is 0 Å². The molecule has 0 bridgehead atoms. The molecule has 1 aliphatic carbocycles. The van der Waals surface area contributed by atoms with Gasteiger partial charge in [0.2, 0.25) is 0 Å². The standard InChI is InChI=1S/C12H23NO2S/c1-8-6-9(2)12(10(13)7-8)16-5-4-11(14)15-3/h8-10,12H,4-7,13H2,1-3H3. The van der Waals surface area contributed by atoms with Gasteiger partial charge in [-0.3, -0.25) is 4.79 Å². The molecule has 16 heavy (non-hydrogen) atoms. The van der Waals surface area contributed by atoms with E-state index in [4.69, 9.17) is 5.73 Å². The third-order valence-electron chi connectivity index (χ3n) is 3.28. The molecule has 0 aliphatic heterocycles. The SMILES string of the molecule is COC(=O)CCSC1C(C)CC(C)CC1N. The molecule has 3 nitrogen and oxygen atoms in total. The topological polar surface area (TPSA) is 52.3 Å². The second-order valence-corrected chi connectivity index (χ2v) is 6.17. The Morgan fingerprint density at radius 2 is 2.12 bits per heavy atom. The van der Waals surface area contributed by atoms with Gasteiger partial charge in [-0.2, -0.15) is 11.8 Å². The van der Waals surface area contributed by atoms with Gasteiger partial charge < -0.3 is 10.5 Å². The first-order chi connectivity index (χ1) is 7.54. The summed E-state index contributed by atoms with van der Waals surface area (Å²) >= 11 is 1.83. The highest BCUT2D eigenvalue weighted by Crippen LogP contribution is 2.35. The van der Waals surface area contributed by atoms with Crippen LogP contribution >= 0.6 is 11.8 Å². The zero-order valence-electron chi connectivity index (χ0n) is 10.4. The van der Waals surface area contributed by atoms with Gasteiger partial charge in [-0.25, -0.2) is 0 Å². The molecule has 2 N–H and O–H groups in total. The largest absolute Gasteiger partial charge is 0.469 e. The van der Waals surface area contributed by atoms with Gasteiger partial charge in [0.25, 0.3) is 0 Å². The Kier molecular flexibility index (Phi) is 5.62. The number of ether oxygens (including phenoxy) is 1. The van der Waals surface area contributed by atoms with Crippen molar-refractivity contribution in [2.75, 3.05) is 12.9 Å². The molecule has 1 rings (SSSR count). The van der Waals surface area contributed by atoms with Crippen molar-refractivity contribution in [2.45, 2.75) is 44.4 Å². The molecule has 1 aliphatic rings. The molecule has 0 saturated heterocycles. The molecule has 94 valence electrons. The van der Waals surface area contributed by atoms with Crippen LogP contribution in [0.15, 0.2) is 0 Å². The highest BCUT2D eigenvalue weighted by molar-refractivity contribution is 8.00. The molecule has 0 radical (unpaired) electrons. The summed E-state index contributed by atoms with van der Waals surface area (Å²) in [4.78, 5) is 11.0. The maximum Gasteiger partial charge on any atom is 0.306 e. The van der Waals surface area contributed by atoms with Crippen molar-refractivity contribution in [1.29, 1.82) is 0 Å². The van der Waals surface area contributed by atoms with Crippen molar-refractivity contribution in [3.8, 4) is 0 Å². The molecule has 1 saturated carbocycles. The van der Waals surface area contributed by atoms with Crippen LogP contribution in [0.25, 0.3) is 0 Å². The van der Waals surface area contributed by atoms with E-state index in [0.717, 1.165) is 18.1 Å². The van der Waals surface area contributed by atoms with Crippen LogP contribution in [0.1, 0.15) is 33.1 Å². The first-order valence-corrected chi connectivity index (χ1v) is 7.03. The van der Waals surface area contributed by atoms with E-state index >= 15 is 0 Å². The van der Waals surface area contributed by atoms with E-state index in [2.05, 4.69) is 18.6 Å². The third-order valence-corrected chi connectivity index (χ3v) is 4.91. The predicted molar refractivity (Wildman–Crippen MR) is 68.4 cm³/mol. The quantitative estimate of drug-likeness (QED) is 0.770. The Bertz CT molecular complexity index is 223. The van der Waals surface area contributed by atoms with Gasteiger partial charge in [0.05, 0.1) is 13.5 Å². The lowest BCUT2D eigenvalue weighted by Gasteiger charge is -2.37. The minimum atomic E-state index is -0.127. The maximum absolute atomic E-state index is 11.0. The number of esters is 1. The monoisotopic (exact) mass is 245 g/mol. The van der Waals surface area contributed by atoms with Gasteiger partial charge in [0.15, 0.2) is 0 Å². The van der Waals surface area contributed by atoms with E-state index in [1.807, 2.05) is 11.8 Å². The lowest BCUT2D eigenvalue weighted by atomic mass is 9.80. The fourth-order valence-electron chi connectivity index (χ4n) is 2.55. The van der Waals surface area contributed by atoms with Gasteiger partial charge in [-0.15, -0.1) is 0 Å². The zero-order valence-corrected chi connectivity index (χ0v) is 11.3. The first-order valence-electron chi connectivity index (χ1n) is 5.98. The predicted octanol–water partition coefficient (Wildman–Crippen LogP) is 2.04. The second-order valence-electron chi connectivity index (χ2n) is 4.88. The maximum atomic E-state index is 11.0. The Labute approximate surface area is 102 Å². The summed E-state index contributed by atoms with van der Waals surface area (Å²) in [6.45, 7) is 4.54. The Morgan fingerprint density at radius 3 is 2.69 bits per heavy atom. The van der Waals surface area contributed by atoms with E-state index in [-0.39, 0.29) is 12.0 Å². The van der Waals surface area contributed by atoms with E-state index < -0.39 is 0 Å². The molecular formula is C12H23NO2S. The fourth-order valence-corrected chi connectivity index (χ4v) is 3.91. The molecule has 0 heterocycles. The number of nitrogens with two attached hydrogens (primary N) is 1. The second kappa shape index (κ2) is 6.50. The van der Waals surface area contributed by atoms with Crippen LogP contribution in [-0.4, -0.2) is 30.1 Å². The summed E-state index contributed by atoms with van der Waals surface area (Å²) in [6, 6.07) is 0.279. The number of rotatable bonds is 4. The van der Waals surface area contributed by atoms with Crippen LogP contribution in [0.3, 0.4) is 0 Å². The molecule has 0 aromatic carbocycles. The summed E-state index contributed by atoms with van der Waals surface area (Å²) in [5.41, 5.74) is 6.17. The molecule has 0 spiro atoms. The molecule has 0 aromatic rings. The van der Waals surface area contributed by atoms with E-state index in [0.29, 0.717) is 17.6 Å². The van der Waals surface area contributed by atoms with E-state index in [1.54, 1.807) is 0 Å². The lowest BCUT2D eigenvalue weighted by molar-refractivity contribution is -0.140. The van der Waals surface area contributed by atoms with Gasteiger partial charge in [-0.1, -0.05) is 13.8 Å². The number of hydrogen-bond acceptors (Lipinski definition) is 4. The fraction of sp³-hybridized carbons (Fsp3) is 0.917. The average molecular weight is 245 g/mol. The van der Waals surface area contributed by atoms with Crippen molar-refractivity contribution >= 4 is 17.7 Å². The minimum absolute atomic E-state index is 0.127. The Hall–Kier alpha value is -0.220. The van der Waals surface area contributed by atoms with Crippen LogP contribution in [0, 0.1) is 11.8 Å². The highest BCUT2D eigenvalue weighted by atomic mass is 32.2. The van der Waals surface area contributed by atoms with Crippen molar-refractivity contribution in [1.82, 2.24) is 0 Å². The number of carbonyl (C=O) groups excluding carboxylic acids is 1. The van der Waals surface area contributed by atoms with Crippen LogP contribution in [0.2, 0.25) is 0 Å². The highest BCUT2D eigenvalue weighted by Gasteiger charge is 2.31. The smallest absolute Gasteiger partial charge is 0.306 e. The van der Waals surface area contributed by atoms with Gasteiger partial charge >= 0.3 is 5.97 Å².